The highest BCUT2D eigenvalue weighted by Gasteiger charge is 2.44. The molecule has 1 aliphatic heterocycles. The Labute approximate surface area is 219 Å². The summed E-state index contributed by atoms with van der Waals surface area (Å²) in [6, 6.07) is 22.3. The summed E-state index contributed by atoms with van der Waals surface area (Å²) < 4.78 is 4.69. The Bertz CT molecular complexity index is 1280. The van der Waals surface area contributed by atoms with Gasteiger partial charge in [0.05, 0.1) is 24.8 Å². The second kappa shape index (κ2) is 11.3. The summed E-state index contributed by atoms with van der Waals surface area (Å²) in [6.45, 7) is 0.470. The molecule has 0 aromatic heterocycles. The first-order valence-electron chi connectivity index (χ1n) is 11.3. The molecule has 1 atom stereocenters. The number of benzene rings is 3. The van der Waals surface area contributed by atoms with Crippen LogP contribution in [0.2, 0.25) is 5.02 Å². The van der Waals surface area contributed by atoms with E-state index in [-0.39, 0.29) is 18.2 Å². The first-order valence-corrected chi connectivity index (χ1v) is 12.1. The number of hydrogen-bond donors (Lipinski definition) is 1. The molecular weight excluding hydrogens is 498 g/mol. The number of rotatable bonds is 8. The molecule has 1 aliphatic rings. The molecule has 1 saturated heterocycles. The van der Waals surface area contributed by atoms with Gasteiger partial charge in [0, 0.05) is 17.3 Å². The van der Waals surface area contributed by atoms with E-state index in [1.54, 1.807) is 53.4 Å². The van der Waals surface area contributed by atoms with Gasteiger partial charge >= 0.3 is 5.97 Å². The maximum absolute atomic E-state index is 13.5. The summed E-state index contributed by atoms with van der Waals surface area (Å²) in [6.07, 6.45) is 0.564. The number of methoxy groups -OCH3 is 1. The van der Waals surface area contributed by atoms with Crippen molar-refractivity contribution >= 4 is 58.1 Å². The van der Waals surface area contributed by atoms with Crippen LogP contribution in [0.3, 0.4) is 0 Å². The van der Waals surface area contributed by atoms with Gasteiger partial charge in [-0.2, -0.15) is 0 Å². The molecule has 0 spiro atoms. The fourth-order valence-corrected chi connectivity index (χ4v) is 4.63. The van der Waals surface area contributed by atoms with E-state index in [0.29, 0.717) is 40.0 Å². The molecule has 2 amide bonds. The average molecular weight is 522 g/mol. The van der Waals surface area contributed by atoms with Crippen LogP contribution in [0.15, 0.2) is 78.9 Å². The maximum atomic E-state index is 13.5. The number of nitrogens with one attached hydrogen (secondary N) is 1. The molecule has 0 bridgehead atoms. The Morgan fingerprint density at radius 3 is 2.42 bits per heavy atom. The van der Waals surface area contributed by atoms with Crippen LogP contribution < -0.4 is 10.2 Å². The number of ether oxygens (including phenoxy) is 1. The van der Waals surface area contributed by atoms with Gasteiger partial charge in [0.2, 0.25) is 5.91 Å². The number of carbonyl (C=O) groups is 3. The van der Waals surface area contributed by atoms with Crippen LogP contribution in [0.25, 0.3) is 0 Å². The summed E-state index contributed by atoms with van der Waals surface area (Å²) in [5.41, 5.74) is 2.53. The van der Waals surface area contributed by atoms with E-state index in [4.69, 9.17) is 28.6 Å². The van der Waals surface area contributed by atoms with Gasteiger partial charge in [-0.3, -0.25) is 14.5 Å². The third-order valence-corrected chi connectivity index (χ3v) is 6.49. The third-order valence-electron chi connectivity index (χ3n) is 5.84. The minimum absolute atomic E-state index is 0.0937. The van der Waals surface area contributed by atoms with Crippen molar-refractivity contribution in [2.45, 2.75) is 18.9 Å². The summed E-state index contributed by atoms with van der Waals surface area (Å²) in [5, 5.41) is 3.61. The van der Waals surface area contributed by atoms with Crippen LogP contribution in [-0.2, 0) is 20.7 Å². The van der Waals surface area contributed by atoms with E-state index in [2.05, 4.69) is 5.32 Å². The minimum atomic E-state index is -0.769. The van der Waals surface area contributed by atoms with Gasteiger partial charge in [-0.25, -0.2) is 4.79 Å². The van der Waals surface area contributed by atoms with Crippen LogP contribution in [0.5, 0.6) is 0 Å². The van der Waals surface area contributed by atoms with Crippen molar-refractivity contribution in [2.75, 3.05) is 23.9 Å². The van der Waals surface area contributed by atoms with E-state index in [1.165, 1.54) is 12.0 Å². The van der Waals surface area contributed by atoms with Gasteiger partial charge in [0.15, 0.2) is 5.11 Å². The fourth-order valence-electron chi connectivity index (χ4n) is 4.03. The Balaban J connectivity index is 1.53. The standard InChI is InChI=1S/C27H24ClN3O4S/c1-35-26(34)19-10-12-21(13-11-19)29-24(32)17-23-25(33)31(22-9-5-8-20(28)16-22)27(36)30(23)15-14-18-6-3-2-4-7-18/h2-13,16,23H,14-15,17H2,1H3,(H,29,32)/t23-/m0/s1. The second-order valence-electron chi connectivity index (χ2n) is 8.20. The van der Waals surface area contributed by atoms with E-state index in [9.17, 15) is 14.4 Å². The molecule has 1 N–H and O–H groups in total. The Morgan fingerprint density at radius 1 is 1.03 bits per heavy atom. The highest BCUT2D eigenvalue weighted by atomic mass is 35.5. The molecule has 4 rings (SSSR count). The van der Waals surface area contributed by atoms with E-state index in [1.807, 2.05) is 30.3 Å². The highest BCUT2D eigenvalue weighted by molar-refractivity contribution is 7.80. The van der Waals surface area contributed by atoms with Crippen LogP contribution >= 0.6 is 23.8 Å². The predicted molar refractivity (Wildman–Crippen MR) is 143 cm³/mol. The van der Waals surface area contributed by atoms with Gasteiger partial charge in [-0.05, 0) is 66.7 Å². The molecule has 184 valence electrons. The normalized spacial score (nSPS) is 15.2. The summed E-state index contributed by atoms with van der Waals surface area (Å²) in [4.78, 5) is 41.3. The molecule has 0 aliphatic carbocycles. The molecule has 1 heterocycles. The lowest BCUT2D eigenvalue weighted by Crippen LogP contribution is -2.39. The molecule has 0 radical (unpaired) electrons. The van der Waals surface area contributed by atoms with Crippen molar-refractivity contribution in [1.82, 2.24) is 4.90 Å². The monoisotopic (exact) mass is 521 g/mol. The lowest BCUT2D eigenvalue weighted by Gasteiger charge is -2.24. The Morgan fingerprint density at radius 2 is 1.75 bits per heavy atom. The first kappa shape index (κ1) is 25.3. The van der Waals surface area contributed by atoms with Crippen LogP contribution in [-0.4, -0.2) is 47.5 Å². The van der Waals surface area contributed by atoms with Gasteiger partial charge in [-0.15, -0.1) is 0 Å². The van der Waals surface area contributed by atoms with Crippen LogP contribution in [0, 0.1) is 0 Å². The van der Waals surface area contributed by atoms with E-state index in [0.717, 1.165) is 5.56 Å². The van der Waals surface area contributed by atoms with Gasteiger partial charge in [-0.1, -0.05) is 48.0 Å². The Hall–Kier alpha value is -3.75. The molecule has 3 aromatic rings. The molecule has 0 saturated carbocycles. The number of halogens is 1. The second-order valence-corrected chi connectivity index (χ2v) is 9.00. The van der Waals surface area contributed by atoms with Crippen molar-refractivity contribution in [3.8, 4) is 0 Å². The van der Waals surface area contributed by atoms with Gasteiger partial charge in [0.1, 0.15) is 6.04 Å². The number of anilines is 2. The molecular formula is C27H24ClN3O4S. The van der Waals surface area contributed by atoms with Gasteiger partial charge < -0.3 is 15.0 Å². The smallest absolute Gasteiger partial charge is 0.337 e. The maximum Gasteiger partial charge on any atom is 0.337 e. The molecule has 3 aromatic carbocycles. The van der Waals surface area contributed by atoms with E-state index >= 15 is 0 Å². The number of hydrogen-bond acceptors (Lipinski definition) is 5. The zero-order valence-corrected chi connectivity index (χ0v) is 21.1. The summed E-state index contributed by atoms with van der Waals surface area (Å²) in [7, 11) is 1.30. The van der Waals surface area contributed by atoms with Gasteiger partial charge in [0.25, 0.3) is 5.91 Å². The largest absolute Gasteiger partial charge is 0.465 e. The zero-order chi connectivity index (χ0) is 25.7. The van der Waals surface area contributed by atoms with Crippen molar-refractivity contribution in [2.24, 2.45) is 0 Å². The van der Waals surface area contributed by atoms with Crippen molar-refractivity contribution in [3.05, 3.63) is 95.0 Å². The molecule has 1 fully saturated rings. The lowest BCUT2D eigenvalue weighted by molar-refractivity contribution is -0.124. The SMILES string of the molecule is COC(=O)c1ccc(NC(=O)C[C@H]2C(=O)N(c3cccc(Cl)c3)C(=S)N2CCc2ccccc2)cc1. The molecule has 7 nitrogen and oxygen atoms in total. The summed E-state index contributed by atoms with van der Waals surface area (Å²) in [5.74, 6) is -1.10. The van der Waals surface area contributed by atoms with Crippen LogP contribution in [0.1, 0.15) is 22.3 Å². The number of amides is 2. The number of carbonyl (C=O) groups excluding carboxylic acids is 3. The summed E-state index contributed by atoms with van der Waals surface area (Å²) >= 11 is 11.9. The number of esters is 1. The number of nitrogens with zero attached hydrogens (tertiary/aromatic N) is 2. The van der Waals surface area contributed by atoms with Crippen molar-refractivity contribution in [3.63, 3.8) is 0 Å². The average Bonchev–Trinajstić information content (AvgIpc) is 3.11. The third kappa shape index (κ3) is 5.72. The predicted octanol–water partition coefficient (Wildman–Crippen LogP) is 4.70. The van der Waals surface area contributed by atoms with Crippen molar-refractivity contribution in [1.29, 1.82) is 0 Å². The minimum Gasteiger partial charge on any atom is -0.465 e. The topological polar surface area (TPSA) is 78.9 Å². The van der Waals surface area contributed by atoms with Crippen molar-refractivity contribution < 1.29 is 19.1 Å². The molecule has 0 unspecified atom stereocenters. The van der Waals surface area contributed by atoms with Crippen LogP contribution in [0.4, 0.5) is 11.4 Å². The number of thiocarbonyl (C=S) groups is 1. The quantitative estimate of drug-likeness (QED) is 0.342. The lowest BCUT2D eigenvalue weighted by atomic mass is 10.1. The highest BCUT2D eigenvalue weighted by Crippen LogP contribution is 2.29. The fraction of sp³-hybridized carbons (Fsp3) is 0.185. The molecule has 9 heteroatoms. The zero-order valence-electron chi connectivity index (χ0n) is 19.5. The Kier molecular flexibility index (Phi) is 7.97. The molecule has 36 heavy (non-hydrogen) atoms. The first-order chi connectivity index (χ1) is 17.4. The van der Waals surface area contributed by atoms with E-state index < -0.39 is 12.0 Å².